The van der Waals surface area contributed by atoms with Crippen molar-refractivity contribution in [1.29, 1.82) is 0 Å². The molecule has 1 fully saturated rings. The number of carbonyl (C=O) groups is 3. The van der Waals surface area contributed by atoms with Gasteiger partial charge in [0.15, 0.2) is 5.78 Å². The fourth-order valence-corrected chi connectivity index (χ4v) is 5.73. The lowest BCUT2D eigenvalue weighted by Gasteiger charge is -2.30. The van der Waals surface area contributed by atoms with Gasteiger partial charge in [0, 0.05) is 5.92 Å². The van der Waals surface area contributed by atoms with Gasteiger partial charge in [0.05, 0.1) is 11.5 Å². The average Bonchev–Trinajstić information content (AvgIpc) is 3.09. The van der Waals surface area contributed by atoms with Crippen molar-refractivity contribution in [3.05, 3.63) is 131 Å². The summed E-state index contributed by atoms with van der Waals surface area (Å²) < 4.78 is 24.1. The van der Waals surface area contributed by atoms with Crippen LogP contribution in [0.5, 0.6) is 11.5 Å². The highest BCUT2D eigenvalue weighted by Gasteiger charge is 2.40. The van der Waals surface area contributed by atoms with E-state index in [-0.39, 0.29) is 48.2 Å². The standard InChI is InChI=1S/C40H42O7/c1-40(2,3)47-38(42)31-23-34(44-25-28-15-7-4-8-16-28)36(35(24-31)45-26-29-17-9-5-10-18-29)37(41)32-21-13-14-22-33(32)39(43)46-27-30-19-11-6-12-20-30/h4-12,15-20,23-24,32-33H,13-14,21-22,25-27H2,1-3H3/t32-,33+/m0/s1. The zero-order valence-corrected chi connectivity index (χ0v) is 27.3. The van der Waals surface area contributed by atoms with Crippen molar-refractivity contribution < 1.29 is 33.3 Å². The van der Waals surface area contributed by atoms with E-state index in [4.69, 9.17) is 18.9 Å². The van der Waals surface area contributed by atoms with Crippen LogP contribution in [0.3, 0.4) is 0 Å². The van der Waals surface area contributed by atoms with Crippen molar-refractivity contribution in [2.45, 2.75) is 71.9 Å². The van der Waals surface area contributed by atoms with Crippen LogP contribution in [0.15, 0.2) is 103 Å². The first-order chi connectivity index (χ1) is 22.7. The van der Waals surface area contributed by atoms with E-state index in [0.717, 1.165) is 29.5 Å². The number of ketones is 1. The van der Waals surface area contributed by atoms with Crippen molar-refractivity contribution in [3.63, 3.8) is 0 Å². The Morgan fingerprint density at radius 1 is 0.638 bits per heavy atom. The number of benzene rings is 4. The van der Waals surface area contributed by atoms with Crippen molar-refractivity contribution in [2.24, 2.45) is 11.8 Å². The molecule has 0 spiro atoms. The number of ether oxygens (including phenoxy) is 4. The van der Waals surface area contributed by atoms with Gasteiger partial charge in [-0.15, -0.1) is 0 Å². The van der Waals surface area contributed by atoms with Crippen LogP contribution < -0.4 is 9.47 Å². The minimum absolute atomic E-state index is 0.137. The molecule has 4 aromatic carbocycles. The van der Waals surface area contributed by atoms with E-state index in [1.165, 1.54) is 0 Å². The Balaban J connectivity index is 1.52. The molecular formula is C40H42O7. The van der Waals surface area contributed by atoms with E-state index in [0.29, 0.717) is 12.8 Å². The summed E-state index contributed by atoms with van der Waals surface area (Å²) in [5.74, 6) is -2.08. The molecule has 0 unspecified atom stereocenters. The Hall–Kier alpha value is -4.91. The number of hydrogen-bond acceptors (Lipinski definition) is 7. The summed E-state index contributed by atoms with van der Waals surface area (Å²) >= 11 is 0. The summed E-state index contributed by atoms with van der Waals surface area (Å²) in [5.41, 5.74) is 2.32. The molecule has 0 aromatic heterocycles. The summed E-state index contributed by atoms with van der Waals surface area (Å²) in [6.45, 7) is 5.83. The zero-order chi connectivity index (χ0) is 33.2. The molecule has 1 aliphatic carbocycles. The Labute approximate surface area is 276 Å². The second-order valence-corrected chi connectivity index (χ2v) is 12.9. The van der Waals surface area contributed by atoms with Crippen LogP contribution in [-0.4, -0.2) is 23.3 Å². The van der Waals surface area contributed by atoms with Gasteiger partial charge in [0.25, 0.3) is 0 Å². The summed E-state index contributed by atoms with van der Waals surface area (Å²) in [4.78, 5) is 41.5. The molecule has 4 aromatic rings. The molecule has 7 nitrogen and oxygen atoms in total. The molecule has 1 saturated carbocycles. The van der Waals surface area contributed by atoms with Crippen molar-refractivity contribution in [3.8, 4) is 11.5 Å². The minimum atomic E-state index is -0.739. The molecule has 0 aliphatic heterocycles. The Bertz CT molecular complexity index is 1580. The largest absolute Gasteiger partial charge is 0.488 e. The van der Waals surface area contributed by atoms with Crippen LogP contribution in [0.2, 0.25) is 0 Å². The van der Waals surface area contributed by atoms with E-state index in [9.17, 15) is 14.4 Å². The summed E-state index contributed by atoms with van der Waals surface area (Å²) in [6.07, 6.45) is 2.69. The maximum atomic E-state index is 14.7. The lowest BCUT2D eigenvalue weighted by Crippen LogP contribution is -2.34. The smallest absolute Gasteiger partial charge is 0.338 e. The number of carbonyl (C=O) groups excluding carboxylic acids is 3. The van der Waals surface area contributed by atoms with Crippen molar-refractivity contribution in [1.82, 2.24) is 0 Å². The van der Waals surface area contributed by atoms with Crippen LogP contribution in [0.1, 0.15) is 83.9 Å². The quantitative estimate of drug-likeness (QED) is 0.114. The molecule has 244 valence electrons. The normalized spacial score (nSPS) is 16.1. The third-order valence-corrected chi connectivity index (χ3v) is 8.05. The second-order valence-electron chi connectivity index (χ2n) is 12.9. The van der Waals surface area contributed by atoms with Crippen molar-refractivity contribution in [2.75, 3.05) is 0 Å². The van der Waals surface area contributed by atoms with Crippen LogP contribution in [0, 0.1) is 11.8 Å². The van der Waals surface area contributed by atoms with E-state index < -0.39 is 29.4 Å². The fourth-order valence-electron chi connectivity index (χ4n) is 5.73. The highest BCUT2D eigenvalue weighted by molar-refractivity contribution is 6.06. The van der Waals surface area contributed by atoms with Gasteiger partial charge in [-0.3, -0.25) is 9.59 Å². The van der Waals surface area contributed by atoms with Gasteiger partial charge in [0.1, 0.15) is 42.5 Å². The molecule has 0 bridgehead atoms. The van der Waals surface area contributed by atoms with E-state index in [1.54, 1.807) is 32.9 Å². The molecule has 7 heteroatoms. The van der Waals surface area contributed by atoms with Gasteiger partial charge >= 0.3 is 11.9 Å². The first-order valence-corrected chi connectivity index (χ1v) is 16.2. The van der Waals surface area contributed by atoms with Crippen LogP contribution >= 0.6 is 0 Å². The Kier molecular flexibility index (Phi) is 11.1. The first-order valence-electron chi connectivity index (χ1n) is 16.2. The highest BCUT2D eigenvalue weighted by atomic mass is 16.6. The minimum Gasteiger partial charge on any atom is -0.488 e. The Morgan fingerprint density at radius 2 is 1.09 bits per heavy atom. The molecule has 0 N–H and O–H groups in total. The predicted octanol–water partition coefficient (Wildman–Crippen LogP) is 8.53. The summed E-state index contributed by atoms with van der Waals surface area (Å²) in [6, 6.07) is 31.7. The van der Waals surface area contributed by atoms with Gasteiger partial charge in [0.2, 0.25) is 0 Å². The molecule has 0 saturated heterocycles. The van der Waals surface area contributed by atoms with Crippen molar-refractivity contribution >= 4 is 17.7 Å². The molecule has 0 heterocycles. The first kappa shape index (κ1) is 33.5. The molecule has 0 amide bonds. The number of hydrogen-bond donors (Lipinski definition) is 0. The Morgan fingerprint density at radius 3 is 1.55 bits per heavy atom. The van der Waals surface area contributed by atoms with Gasteiger partial charge in [-0.1, -0.05) is 104 Å². The average molecular weight is 635 g/mol. The third-order valence-electron chi connectivity index (χ3n) is 8.05. The highest BCUT2D eigenvalue weighted by Crippen LogP contribution is 2.40. The maximum Gasteiger partial charge on any atom is 0.338 e. The summed E-state index contributed by atoms with van der Waals surface area (Å²) in [7, 11) is 0. The molecular weight excluding hydrogens is 592 g/mol. The van der Waals surface area contributed by atoms with Crippen LogP contribution in [-0.2, 0) is 34.1 Å². The van der Waals surface area contributed by atoms with Gasteiger partial charge in [-0.2, -0.15) is 0 Å². The topological polar surface area (TPSA) is 88.1 Å². The predicted molar refractivity (Wildman–Crippen MR) is 179 cm³/mol. The molecule has 5 rings (SSSR count). The molecule has 1 aliphatic rings. The van der Waals surface area contributed by atoms with Crippen LogP contribution in [0.25, 0.3) is 0 Å². The van der Waals surface area contributed by atoms with Gasteiger partial charge in [-0.05, 0) is 62.4 Å². The van der Waals surface area contributed by atoms with Gasteiger partial charge in [-0.25, -0.2) is 4.79 Å². The van der Waals surface area contributed by atoms with Crippen LogP contribution in [0.4, 0.5) is 0 Å². The molecule has 0 radical (unpaired) electrons. The lowest BCUT2D eigenvalue weighted by atomic mass is 9.75. The number of rotatable bonds is 12. The van der Waals surface area contributed by atoms with E-state index in [2.05, 4.69) is 0 Å². The summed E-state index contributed by atoms with van der Waals surface area (Å²) in [5, 5.41) is 0. The number of esters is 2. The third kappa shape index (κ3) is 9.32. The number of Topliss-reactive ketones (excluding diaryl/α,β-unsaturated/α-hetero) is 1. The lowest BCUT2D eigenvalue weighted by molar-refractivity contribution is -0.152. The van der Waals surface area contributed by atoms with E-state index in [1.807, 2.05) is 91.0 Å². The fraction of sp³-hybridized carbons (Fsp3) is 0.325. The zero-order valence-electron chi connectivity index (χ0n) is 27.3. The SMILES string of the molecule is CC(C)(C)OC(=O)c1cc(OCc2ccccc2)c(C(=O)[C@H]2CCCC[C@H]2C(=O)OCc2ccccc2)c(OCc2ccccc2)c1. The molecule has 2 atom stereocenters. The maximum absolute atomic E-state index is 14.7. The van der Waals surface area contributed by atoms with E-state index >= 15 is 0 Å². The van der Waals surface area contributed by atoms with Gasteiger partial charge < -0.3 is 18.9 Å². The second kappa shape index (κ2) is 15.6. The molecule has 47 heavy (non-hydrogen) atoms. The monoisotopic (exact) mass is 634 g/mol.